The van der Waals surface area contributed by atoms with Crippen LogP contribution in [0, 0.1) is 0 Å². The minimum Gasteiger partial charge on any atom is -0.508 e. The maximum atomic E-state index is 13.5. The fourth-order valence-electron chi connectivity index (χ4n) is 4.45. The number of carboxylic acids is 1. The largest absolute Gasteiger partial charge is 0.508 e. The van der Waals surface area contributed by atoms with Crippen LogP contribution in [0.3, 0.4) is 0 Å². The molecule has 5 aromatic rings. The van der Waals surface area contributed by atoms with Crippen molar-refractivity contribution >= 4 is 50.4 Å². The lowest BCUT2D eigenvalue weighted by atomic mass is 9.88. The molecule has 0 saturated carbocycles. The molecular weight excluding hydrogens is 484 g/mol. The molecule has 37 heavy (non-hydrogen) atoms. The van der Waals surface area contributed by atoms with Gasteiger partial charge in [-0.05, 0) is 38.1 Å². The van der Waals surface area contributed by atoms with Crippen molar-refractivity contribution in [2.45, 2.75) is 13.8 Å². The Morgan fingerprint density at radius 3 is 2.14 bits per heavy atom. The molecule has 3 aromatic carbocycles. The summed E-state index contributed by atoms with van der Waals surface area (Å²) in [6, 6.07) is 6.89. The summed E-state index contributed by atoms with van der Waals surface area (Å²) in [6.07, 6.45) is 1.04. The third-order valence-electron chi connectivity index (χ3n) is 6.04. The standard InChI is InChI=1S/C27H16O10/c1-10(28)15-8-17-25(33)23-16(27(34)35)5-13(31)7-20(23)37-26(17)21(11(2)29)22(15)18-9-36-19-6-12(30)3-4-14(19)24(18)32/h3-9,30-31H,1-2H3,(H,34,35). The molecule has 0 unspecified atom stereocenters. The number of fused-ring (bicyclic) bond motifs is 3. The van der Waals surface area contributed by atoms with Gasteiger partial charge < -0.3 is 24.2 Å². The van der Waals surface area contributed by atoms with E-state index in [1.165, 1.54) is 25.1 Å². The van der Waals surface area contributed by atoms with Crippen molar-refractivity contribution in [3.8, 4) is 22.6 Å². The number of ketones is 2. The fourth-order valence-corrected chi connectivity index (χ4v) is 4.45. The number of carboxylic acid groups (broad SMARTS) is 1. The van der Waals surface area contributed by atoms with Crippen molar-refractivity contribution < 1.29 is 38.5 Å². The van der Waals surface area contributed by atoms with Crippen molar-refractivity contribution in [3.05, 3.63) is 79.8 Å². The monoisotopic (exact) mass is 500 g/mol. The summed E-state index contributed by atoms with van der Waals surface area (Å²) in [5, 5.41) is 28.7. The van der Waals surface area contributed by atoms with Gasteiger partial charge in [-0.3, -0.25) is 19.2 Å². The number of phenolic OH excluding ortho intramolecular Hbond substituents is 2. The Morgan fingerprint density at radius 1 is 0.784 bits per heavy atom. The number of aromatic hydroxyl groups is 2. The number of carbonyl (C=O) groups excluding carboxylic acids is 2. The van der Waals surface area contributed by atoms with Gasteiger partial charge in [0.2, 0.25) is 10.9 Å². The van der Waals surface area contributed by atoms with Gasteiger partial charge in [-0.15, -0.1) is 0 Å². The number of hydrogen-bond donors (Lipinski definition) is 3. The number of phenols is 2. The van der Waals surface area contributed by atoms with Crippen LogP contribution in [0.25, 0.3) is 44.0 Å². The molecule has 3 N–H and O–H groups in total. The molecule has 2 aromatic heterocycles. The van der Waals surface area contributed by atoms with E-state index in [2.05, 4.69) is 0 Å². The maximum Gasteiger partial charge on any atom is 0.336 e. The number of hydrogen-bond acceptors (Lipinski definition) is 9. The molecule has 10 heteroatoms. The van der Waals surface area contributed by atoms with Crippen LogP contribution in [0.4, 0.5) is 0 Å². The molecule has 0 atom stereocenters. The summed E-state index contributed by atoms with van der Waals surface area (Å²) in [6.45, 7) is 2.33. The Balaban J connectivity index is 2.02. The van der Waals surface area contributed by atoms with Crippen LogP contribution in [0.2, 0.25) is 0 Å². The van der Waals surface area contributed by atoms with Crippen LogP contribution in [0.15, 0.2) is 61.1 Å². The van der Waals surface area contributed by atoms with Gasteiger partial charge in [-0.2, -0.15) is 0 Å². The first-order valence-corrected chi connectivity index (χ1v) is 10.8. The van der Waals surface area contributed by atoms with Crippen molar-refractivity contribution in [3.63, 3.8) is 0 Å². The van der Waals surface area contributed by atoms with Crippen LogP contribution in [0.5, 0.6) is 11.5 Å². The fraction of sp³-hybridized carbons (Fsp3) is 0.0741. The van der Waals surface area contributed by atoms with Gasteiger partial charge in [-0.25, -0.2) is 4.79 Å². The molecular formula is C27H16O10. The Morgan fingerprint density at radius 2 is 1.49 bits per heavy atom. The Bertz CT molecular complexity index is 1970. The van der Waals surface area contributed by atoms with E-state index < -0.39 is 39.7 Å². The summed E-state index contributed by atoms with van der Waals surface area (Å²) in [5.41, 5.74) is -3.24. The van der Waals surface area contributed by atoms with Gasteiger partial charge in [0.1, 0.15) is 34.5 Å². The Labute approximate surface area is 205 Å². The van der Waals surface area contributed by atoms with E-state index in [9.17, 15) is 39.3 Å². The molecule has 0 aliphatic carbocycles. The maximum absolute atomic E-state index is 13.5. The van der Waals surface area contributed by atoms with E-state index in [4.69, 9.17) is 8.83 Å². The lowest BCUT2D eigenvalue weighted by Crippen LogP contribution is -2.15. The predicted octanol–water partition coefficient (Wildman–Crippen LogP) is 4.23. The zero-order valence-corrected chi connectivity index (χ0v) is 19.2. The summed E-state index contributed by atoms with van der Waals surface area (Å²) in [4.78, 5) is 64.3. The molecule has 0 bridgehead atoms. The Hall–Kier alpha value is -5.25. The number of rotatable bonds is 4. The number of aromatic carboxylic acids is 1. The summed E-state index contributed by atoms with van der Waals surface area (Å²) in [7, 11) is 0. The lowest BCUT2D eigenvalue weighted by molar-refractivity contribution is 0.0697. The second kappa shape index (κ2) is 8.16. The zero-order chi connectivity index (χ0) is 26.8. The SMILES string of the molecule is CC(=O)c1cc2c(=O)c3c(C(=O)O)cc(O)cc3oc2c(C(C)=O)c1-c1coc2cc(O)ccc2c1=O. The molecule has 0 aliphatic heterocycles. The minimum atomic E-state index is -1.50. The topological polar surface area (TPSA) is 172 Å². The quantitative estimate of drug-likeness (QED) is 0.239. The second-order valence-corrected chi connectivity index (χ2v) is 8.42. The van der Waals surface area contributed by atoms with Crippen LogP contribution >= 0.6 is 0 Å². The molecule has 0 saturated heterocycles. The first-order valence-electron chi connectivity index (χ1n) is 10.8. The summed E-state index contributed by atoms with van der Waals surface area (Å²) >= 11 is 0. The first kappa shape index (κ1) is 23.5. The van der Waals surface area contributed by atoms with Gasteiger partial charge in [0.15, 0.2) is 11.6 Å². The van der Waals surface area contributed by atoms with Crippen LogP contribution in [-0.4, -0.2) is 32.9 Å². The molecule has 184 valence electrons. The first-order chi connectivity index (χ1) is 17.5. The van der Waals surface area contributed by atoms with Gasteiger partial charge >= 0.3 is 5.97 Å². The normalized spacial score (nSPS) is 11.3. The third kappa shape index (κ3) is 3.54. The van der Waals surface area contributed by atoms with Crippen molar-refractivity contribution in [1.82, 2.24) is 0 Å². The van der Waals surface area contributed by atoms with Crippen LogP contribution in [-0.2, 0) is 0 Å². The molecule has 2 heterocycles. The minimum absolute atomic E-state index is 0.0652. The van der Waals surface area contributed by atoms with Gasteiger partial charge in [-0.1, -0.05) is 0 Å². The zero-order valence-electron chi connectivity index (χ0n) is 19.2. The average Bonchev–Trinajstić information content (AvgIpc) is 2.82. The van der Waals surface area contributed by atoms with E-state index in [0.29, 0.717) is 0 Å². The van der Waals surface area contributed by atoms with Crippen molar-refractivity contribution in [2.24, 2.45) is 0 Å². The molecule has 5 rings (SSSR count). The second-order valence-electron chi connectivity index (χ2n) is 8.42. The summed E-state index contributed by atoms with van der Waals surface area (Å²) < 4.78 is 11.3. The van der Waals surface area contributed by atoms with E-state index in [1.54, 1.807) is 0 Å². The van der Waals surface area contributed by atoms with Crippen LogP contribution < -0.4 is 10.9 Å². The van der Waals surface area contributed by atoms with Crippen molar-refractivity contribution in [1.29, 1.82) is 0 Å². The lowest BCUT2D eigenvalue weighted by Gasteiger charge is -2.15. The van der Waals surface area contributed by atoms with Crippen LogP contribution in [0.1, 0.15) is 44.9 Å². The van der Waals surface area contributed by atoms with E-state index in [-0.39, 0.29) is 60.9 Å². The van der Waals surface area contributed by atoms with Gasteiger partial charge in [0.25, 0.3) is 0 Å². The highest BCUT2D eigenvalue weighted by molar-refractivity contribution is 6.18. The third-order valence-corrected chi connectivity index (χ3v) is 6.04. The average molecular weight is 500 g/mol. The van der Waals surface area contributed by atoms with Gasteiger partial charge in [0.05, 0.1) is 32.8 Å². The Kier molecular flexibility index (Phi) is 5.18. The number of carbonyl (C=O) groups is 3. The molecule has 0 amide bonds. The molecule has 0 spiro atoms. The molecule has 0 aliphatic rings. The van der Waals surface area contributed by atoms with E-state index in [1.807, 2.05) is 0 Å². The predicted molar refractivity (Wildman–Crippen MR) is 132 cm³/mol. The van der Waals surface area contributed by atoms with E-state index >= 15 is 0 Å². The molecule has 10 nitrogen and oxygen atoms in total. The number of Topliss-reactive ketones (excluding diaryl/α,β-unsaturated/α-hetero) is 2. The smallest absolute Gasteiger partial charge is 0.336 e. The summed E-state index contributed by atoms with van der Waals surface area (Å²) in [5.74, 6) is -3.37. The highest BCUT2D eigenvalue weighted by atomic mass is 16.4. The molecule has 0 radical (unpaired) electrons. The van der Waals surface area contributed by atoms with Crippen molar-refractivity contribution in [2.75, 3.05) is 0 Å². The number of benzene rings is 3. The van der Waals surface area contributed by atoms with Gasteiger partial charge in [0, 0.05) is 23.3 Å². The van der Waals surface area contributed by atoms with E-state index in [0.717, 1.165) is 31.4 Å². The highest BCUT2D eigenvalue weighted by Crippen LogP contribution is 2.36. The molecule has 0 fully saturated rings. The highest BCUT2D eigenvalue weighted by Gasteiger charge is 2.28.